The Hall–Kier alpha value is -1.35. The number of carboxylic acids is 1. The zero-order chi connectivity index (χ0) is 13.9. The fourth-order valence-electron chi connectivity index (χ4n) is 2.82. The number of carbonyl (C=O) groups is 1. The second-order valence-electron chi connectivity index (χ2n) is 5.61. The van der Waals surface area contributed by atoms with Gasteiger partial charge in [0.15, 0.2) is 0 Å². The van der Waals surface area contributed by atoms with Crippen molar-refractivity contribution in [3.8, 4) is 0 Å². The molecule has 1 unspecified atom stereocenters. The van der Waals surface area contributed by atoms with Crippen molar-refractivity contribution in [2.75, 3.05) is 0 Å². The van der Waals surface area contributed by atoms with Crippen LogP contribution in [0.1, 0.15) is 50.7 Å². The second kappa shape index (κ2) is 5.74. The minimum atomic E-state index is -0.985. The summed E-state index contributed by atoms with van der Waals surface area (Å²) in [5, 5.41) is 13.0. The molecule has 1 aromatic rings. The van der Waals surface area contributed by atoms with Gasteiger partial charge in [0.25, 0.3) is 0 Å². The average Bonchev–Trinajstić information content (AvgIpc) is 2.91. The molecule has 1 fully saturated rings. The van der Waals surface area contributed by atoms with Gasteiger partial charge in [-0.25, -0.2) is 4.79 Å². The van der Waals surface area contributed by atoms with Crippen molar-refractivity contribution < 1.29 is 9.90 Å². The van der Waals surface area contributed by atoms with Crippen LogP contribution in [0.25, 0.3) is 0 Å². The Morgan fingerprint density at radius 3 is 2.37 bits per heavy atom. The largest absolute Gasteiger partial charge is 0.480 e. The summed E-state index contributed by atoms with van der Waals surface area (Å²) in [4.78, 5) is 11.7. The minimum Gasteiger partial charge on any atom is -0.480 e. The van der Waals surface area contributed by atoms with Crippen molar-refractivity contribution >= 4 is 5.97 Å². The van der Waals surface area contributed by atoms with E-state index in [1.807, 2.05) is 24.3 Å². The predicted molar refractivity (Wildman–Crippen MR) is 76.2 cm³/mol. The van der Waals surface area contributed by atoms with Gasteiger partial charge < -0.3 is 5.11 Å². The number of benzene rings is 1. The van der Waals surface area contributed by atoms with Gasteiger partial charge in [-0.2, -0.15) is 0 Å². The second-order valence-corrected chi connectivity index (χ2v) is 5.61. The highest BCUT2D eigenvalue weighted by atomic mass is 16.4. The van der Waals surface area contributed by atoms with Gasteiger partial charge in [0.2, 0.25) is 0 Å². The molecule has 104 valence electrons. The summed E-state index contributed by atoms with van der Waals surface area (Å²) in [5.41, 5.74) is 1.09. The van der Waals surface area contributed by atoms with Crippen LogP contribution in [0.2, 0.25) is 0 Å². The molecule has 0 radical (unpaired) electrons. The van der Waals surface area contributed by atoms with Crippen LogP contribution in [0.3, 0.4) is 0 Å². The Labute approximate surface area is 115 Å². The maximum Gasteiger partial charge on any atom is 0.328 e. The molecule has 0 amide bonds. The number of nitrogens with one attached hydrogen (secondary N) is 1. The number of carboxylic acid groups (broad SMARTS) is 1. The fraction of sp³-hybridized carbons (Fsp3) is 0.562. The Morgan fingerprint density at radius 1 is 1.32 bits per heavy atom. The molecule has 1 atom stereocenters. The first kappa shape index (κ1) is 14.1. The molecule has 1 saturated carbocycles. The smallest absolute Gasteiger partial charge is 0.328 e. The maximum absolute atomic E-state index is 11.7. The number of rotatable bonds is 5. The van der Waals surface area contributed by atoms with Crippen molar-refractivity contribution in [2.24, 2.45) is 0 Å². The number of aryl methyl sites for hydroxylation is 1. The number of hydrogen-bond donors (Lipinski definition) is 2. The molecule has 1 aliphatic carbocycles. The molecule has 3 nitrogen and oxygen atoms in total. The Balaban J connectivity index is 2.23. The van der Waals surface area contributed by atoms with E-state index >= 15 is 0 Å². The molecular weight excluding hydrogens is 238 g/mol. The lowest BCUT2D eigenvalue weighted by molar-refractivity contribution is -0.145. The molecule has 2 rings (SSSR count). The van der Waals surface area contributed by atoms with Crippen molar-refractivity contribution in [2.45, 2.75) is 57.5 Å². The van der Waals surface area contributed by atoms with E-state index < -0.39 is 11.5 Å². The third-order valence-corrected chi connectivity index (χ3v) is 4.22. The normalized spacial score (nSPS) is 19.3. The van der Waals surface area contributed by atoms with Gasteiger partial charge in [-0.15, -0.1) is 0 Å². The van der Waals surface area contributed by atoms with Crippen LogP contribution in [-0.2, 0) is 16.8 Å². The SMILES string of the molecule is CCc1ccc(C(C)(NC2CCCC2)C(=O)O)cc1. The molecule has 0 bridgehead atoms. The van der Waals surface area contributed by atoms with Crippen LogP contribution in [0.5, 0.6) is 0 Å². The zero-order valence-corrected chi connectivity index (χ0v) is 11.8. The van der Waals surface area contributed by atoms with Crippen LogP contribution in [-0.4, -0.2) is 17.1 Å². The molecule has 1 aliphatic rings. The summed E-state index contributed by atoms with van der Waals surface area (Å²) in [5.74, 6) is -0.802. The van der Waals surface area contributed by atoms with Crippen LogP contribution < -0.4 is 5.32 Å². The average molecular weight is 261 g/mol. The van der Waals surface area contributed by atoms with Crippen LogP contribution >= 0.6 is 0 Å². The number of aliphatic carboxylic acids is 1. The van der Waals surface area contributed by atoms with Crippen LogP contribution in [0.4, 0.5) is 0 Å². The van der Waals surface area contributed by atoms with Gasteiger partial charge in [0, 0.05) is 6.04 Å². The fourth-order valence-corrected chi connectivity index (χ4v) is 2.82. The molecule has 0 aliphatic heterocycles. The molecule has 2 N–H and O–H groups in total. The summed E-state index contributed by atoms with van der Waals surface area (Å²) < 4.78 is 0. The molecule has 19 heavy (non-hydrogen) atoms. The lowest BCUT2D eigenvalue weighted by Crippen LogP contribution is -2.50. The van der Waals surface area contributed by atoms with E-state index in [9.17, 15) is 9.90 Å². The van der Waals surface area contributed by atoms with E-state index in [1.54, 1.807) is 6.92 Å². The van der Waals surface area contributed by atoms with E-state index in [0.717, 1.165) is 24.8 Å². The summed E-state index contributed by atoms with van der Waals surface area (Å²) in [7, 11) is 0. The van der Waals surface area contributed by atoms with Crippen molar-refractivity contribution in [1.82, 2.24) is 5.32 Å². The molecule has 0 saturated heterocycles. The van der Waals surface area contributed by atoms with E-state index in [4.69, 9.17) is 0 Å². The van der Waals surface area contributed by atoms with Crippen molar-refractivity contribution in [3.05, 3.63) is 35.4 Å². The summed E-state index contributed by atoms with van der Waals surface area (Å²) in [6.45, 7) is 3.87. The first-order valence-corrected chi connectivity index (χ1v) is 7.16. The minimum absolute atomic E-state index is 0.326. The highest BCUT2D eigenvalue weighted by molar-refractivity contribution is 5.80. The first-order valence-electron chi connectivity index (χ1n) is 7.16. The molecular formula is C16H23NO2. The Bertz CT molecular complexity index is 435. The van der Waals surface area contributed by atoms with Gasteiger partial charge in [0.1, 0.15) is 5.54 Å². The molecule has 0 aromatic heterocycles. The number of hydrogen-bond acceptors (Lipinski definition) is 2. The van der Waals surface area contributed by atoms with E-state index in [1.165, 1.54) is 18.4 Å². The van der Waals surface area contributed by atoms with Gasteiger partial charge in [-0.3, -0.25) is 5.32 Å². The molecule has 0 heterocycles. The highest BCUT2D eigenvalue weighted by Crippen LogP contribution is 2.27. The van der Waals surface area contributed by atoms with Crippen LogP contribution in [0, 0.1) is 0 Å². The lowest BCUT2D eigenvalue weighted by atomic mass is 9.90. The summed E-state index contributed by atoms with van der Waals surface area (Å²) in [6, 6.07) is 8.25. The zero-order valence-electron chi connectivity index (χ0n) is 11.8. The van der Waals surface area contributed by atoms with Crippen molar-refractivity contribution in [3.63, 3.8) is 0 Å². The molecule has 3 heteroatoms. The van der Waals surface area contributed by atoms with Gasteiger partial charge in [-0.1, -0.05) is 44.0 Å². The summed E-state index contributed by atoms with van der Waals surface area (Å²) in [6.07, 6.45) is 5.52. The summed E-state index contributed by atoms with van der Waals surface area (Å²) >= 11 is 0. The van der Waals surface area contributed by atoms with Gasteiger partial charge in [-0.05, 0) is 37.3 Å². The topological polar surface area (TPSA) is 49.3 Å². The Kier molecular flexibility index (Phi) is 4.25. The van der Waals surface area contributed by atoms with Gasteiger partial charge in [0.05, 0.1) is 0 Å². The monoisotopic (exact) mass is 261 g/mol. The van der Waals surface area contributed by atoms with E-state index in [2.05, 4.69) is 12.2 Å². The Morgan fingerprint density at radius 2 is 1.89 bits per heavy atom. The lowest BCUT2D eigenvalue weighted by Gasteiger charge is -2.30. The van der Waals surface area contributed by atoms with E-state index in [-0.39, 0.29) is 0 Å². The standard InChI is InChI=1S/C16H23NO2/c1-3-12-8-10-13(11-9-12)16(2,15(18)19)17-14-6-4-5-7-14/h8-11,14,17H,3-7H2,1-2H3,(H,18,19). The third kappa shape index (κ3) is 2.98. The quantitative estimate of drug-likeness (QED) is 0.856. The van der Waals surface area contributed by atoms with Gasteiger partial charge >= 0.3 is 5.97 Å². The van der Waals surface area contributed by atoms with E-state index in [0.29, 0.717) is 6.04 Å². The maximum atomic E-state index is 11.7. The molecule has 0 spiro atoms. The van der Waals surface area contributed by atoms with Crippen LogP contribution in [0.15, 0.2) is 24.3 Å². The predicted octanol–water partition coefficient (Wildman–Crippen LogP) is 3.08. The highest BCUT2D eigenvalue weighted by Gasteiger charge is 2.37. The first-order chi connectivity index (χ1) is 9.06. The van der Waals surface area contributed by atoms with Crippen molar-refractivity contribution in [1.29, 1.82) is 0 Å². The third-order valence-electron chi connectivity index (χ3n) is 4.22. The molecule has 1 aromatic carbocycles.